The van der Waals surface area contributed by atoms with Crippen molar-refractivity contribution >= 4 is 0 Å². The molecule has 0 aliphatic rings. The zero-order valence-electron chi connectivity index (χ0n) is 11.9. The van der Waals surface area contributed by atoms with Gasteiger partial charge in [-0.3, -0.25) is 4.68 Å². The Balaban J connectivity index is 2.52. The number of rotatable bonds is 4. The monoisotopic (exact) mass is 261 g/mol. The van der Waals surface area contributed by atoms with E-state index >= 15 is 0 Å². The molecule has 19 heavy (non-hydrogen) atoms. The third-order valence-electron chi connectivity index (χ3n) is 3.42. The lowest BCUT2D eigenvalue weighted by molar-refractivity contribution is 0.614. The summed E-state index contributed by atoms with van der Waals surface area (Å²) in [5.41, 5.74) is 4.20. The molecule has 0 bridgehead atoms. The molecular formula is C15H20FN3. The second kappa shape index (κ2) is 5.53. The number of hydrogen-bond acceptors (Lipinski definition) is 2. The molecule has 0 radical (unpaired) electrons. The molecule has 1 N–H and O–H groups in total. The van der Waals surface area contributed by atoms with E-state index in [4.69, 9.17) is 0 Å². The molecule has 3 nitrogen and oxygen atoms in total. The Morgan fingerprint density at radius 2 is 2.11 bits per heavy atom. The molecule has 1 heterocycles. The number of nitrogens with one attached hydrogen (secondary N) is 1. The first-order chi connectivity index (χ1) is 9.06. The van der Waals surface area contributed by atoms with Gasteiger partial charge in [0.2, 0.25) is 0 Å². The largest absolute Gasteiger partial charge is 0.309 e. The zero-order valence-corrected chi connectivity index (χ0v) is 11.9. The maximum atomic E-state index is 13.5. The molecule has 1 aromatic heterocycles. The fourth-order valence-corrected chi connectivity index (χ4v) is 2.47. The Morgan fingerprint density at radius 1 is 1.37 bits per heavy atom. The van der Waals surface area contributed by atoms with E-state index in [1.807, 2.05) is 38.0 Å². The first-order valence-electron chi connectivity index (χ1n) is 6.52. The fourth-order valence-electron chi connectivity index (χ4n) is 2.47. The lowest BCUT2D eigenvalue weighted by Crippen LogP contribution is -2.19. The summed E-state index contributed by atoms with van der Waals surface area (Å²) in [4.78, 5) is 0. The van der Waals surface area contributed by atoms with Crippen molar-refractivity contribution in [2.75, 3.05) is 7.05 Å². The van der Waals surface area contributed by atoms with E-state index in [2.05, 4.69) is 17.3 Å². The summed E-state index contributed by atoms with van der Waals surface area (Å²) >= 11 is 0. The smallest absolute Gasteiger partial charge is 0.123 e. The van der Waals surface area contributed by atoms with Gasteiger partial charge in [-0.25, -0.2) is 4.39 Å². The Morgan fingerprint density at radius 3 is 2.74 bits per heavy atom. The van der Waals surface area contributed by atoms with E-state index in [0.717, 1.165) is 28.8 Å². The average molecular weight is 261 g/mol. The van der Waals surface area contributed by atoms with Crippen LogP contribution in [0.25, 0.3) is 0 Å². The summed E-state index contributed by atoms with van der Waals surface area (Å²) < 4.78 is 15.3. The predicted molar refractivity (Wildman–Crippen MR) is 74.6 cm³/mol. The summed E-state index contributed by atoms with van der Waals surface area (Å²) in [7, 11) is 3.80. The third-order valence-corrected chi connectivity index (χ3v) is 3.42. The second-order valence-electron chi connectivity index (χ2n) is 4.78. The van der Waals surface area contributed by atoms with Gasteiger partial charge >= 0.3 is 0 Å². The van der Waals surface area contributed by atoms with Gasteiger partial charge in [-0.05, 0) is 43.7 Å². The molecule has 1 unspecified atom stereocenters. The lowest BCUT2D eigenvalue weighted by Gasteiger charge is -2.19. The highest BCUT2D eigenvalue weighted by Crippen LogP contribution is 2.27. The number of aryl methyl sites for hydroxylation is 3. The standard InChI is InChI=1S/C15H20FN3/c1-5-14-13(9-19(4)18-14)15(17-3)12-8-11(16)7-6-10(12)2/h6-9,15,17H,5H2,1-4H3. The number of hydrogen-bond donors (Lipinski definition) is 1. The van der Waals surface area contributed by atoms with Gasteiger partial charge in [0.15, 0.2) is 0 Å². The van der Waals surface area contributed by atoms with Crippen molar-refractivity contribution in [1.29, 1.82) is 0 Å². The van der Waals surface area contributed by atoms with Gasteiger partial charge in [-0.1, -0.05) is 13.0 Å². The molecule has 0 amide bonds. The maximum absolute atomic E-state index is 13.5. The van der Waals surface area contributed by atoms with Crippen LogP contribution in [0, 0.1) is 12.7 Å². The zero-order chi connectivity index (χ0) is 14.0. The first kappa shape index (κ1) is 13.7. The van der Waals surface area contributed by atoms with Crippen LogP contribution in [0.1, 0.15) is 35.3 Å². The van der Waals surface area contributed by atoms with Gasteiger partial charge in [0.25, 0.3) is 0 Å². The van der Waals surface area contributed by atoms with Gasteiger partial charge in [-0.15, -0.1) is 0 Å². The summed E-state index contributed by atoms with van der Waals surface area (Å²) in [6, 6.07) is 4.88. The van der Waals surface area contributed by atoms with Gasteiger partial charge in [-0.2, -0.15) is 5.10 Å². The molecule has 0 saturated heterocycles. The molecule has 0 fully saturated rings. The highest BCUT2D eigenvalue weighted by Gasteiger charge is 2.20. The minimum absolute atomic E-state index is 0.0284. The molecule has 0 spiro atoms. The number of benzene rings is 1. The van der Waals surface area contributed by atoms with Crippen molar-refractivity contribution in [1.82, 2.24) is 15.1 Å². The van der Waals surface area contributed by atoms with Gasteiger partial charge in [0.05, 0.1) is 11.7 Å². The molecule has 2 aromatic rings. The predicted octanol–water partition coefficient (Wildman–Crippen LogP) is 2.74. The molecule has 1 atom stereocenters. The third kappa shape index (κ3) is 2.68. The van der Waals surface area contributed by atoms with E-state index in [9.17, 15) is 4.39 Å². The maximum Gasteiger partial charge on any atom is 0.123 e. The Labute approximate surface area is 113 Å². The number of aromatic nitrogens is 2. The summed E-state index contributed by atoms with van der Waals surface area (Å²) in [5.74, 6) is -0.206. The summed E-state index contributed by atoms with van der Waals surface area (Å²) in [6.45, 7) is 4.08. The number of nitrogens with zero attached hydrogens (tertiary/aromatic N) is 2. The fraction of sp³-hybridized carbons (Fsp3) is 0.400. The minimum atomic E-state index is -0.206. The van der Waals surface area contributed by atoms with Crippen LogP contribution in [0.2, 0.25) is 0 Å². The van der Waals surface area contributed by atoms with Crippen LogP contribution in [0.3, 0.4) is 0 Å². The molecule has 2 rings (SSSR count). The normalized spacial score (nSPS) is 12.7. The average Bonchev–Trinajstić information content (AvgIpc) is 2.76. The van der Waals surface area contributed by atoms with E-state index in [1.54, 1.807) is 6.07 Å². The van der Waals surface area contributed by atoms with Crippen molar-refractivity contribution in [3.05, 3.63) is 52.6 Å². The highest BCUT2D eigenvalue weighted by molar-refractivity contribution is 5.38. The minimum Gasteiger partial charge on any atom is -0.309 e. The van der Waals surface area contributed by atoms with E-state index < -0.39 is 0 Å². The molecule has 1 aromatic carbocycles. The topological polar surface area (TPSA) is 29.9 Å². The first-order valence-corrected chi connectivity index (χ1v) is 6.52. The van der Waals surface area contributed by atoms with Crippen molar-refractivity contribution in [2.24, 2.45) is 7.05 Å². The summed E-state index contributed by atoms with van der Waals surface area (Å²) in [6.07, 6.45) is 2.87. The van der Waals surface area contributed by atoms with Crippen molar-refractivity contribution in [2.45, 2.75) is 26.3 Å². The number of halogens is 1. The molecule has 0 aliphatic carbocycles. The van der Waals surface area contributed by atoms with Crippen molar-refractivity contribution < 1.29 is 4.39 Å². The molecular weight excluding hydrogens is 241 g/mol. The van der Waals surface area contributed by atoms with Crippen LogP contribution in [0.4, 0.5) is 4.39 Å². The SMILES string of the molecule is CCc1nn(C)cc1C(NC)c1cc(F)ccc1C. The van der Waals surface area contributed by atoms with Gasteiger partial charge in [0, 0.05) is 18.8 Å². The van der Waals surface area contributed by atoms with Crippen LogP contribution in [-0.4, -0.2) is 16.8 Å². The van der Waals surface area contributed by atoms with Crippen LogP contribution in [-0.2, 0) is 13.5 Å². The van der Waals surface area contributed by atoms with Crippen LogP contribution >= 0.6 is 0 Å². The van der Waals surface area contributed by atoms with E-state index in [-0.39, 0.29) is 11.9 Å². The Bertz CT molecular complexity index is 575. The van der Waals surface area contributed by atoms with Crippen LogP contribution in [0.15, 0.2) is 24.4 Å². The van der Waals surface area contributed by atoms with Gasteiger partial charge < -0.3 is 5.32 Å². The Kier molecular flexibility index (Phi) is 4.00. The van der Waals surface area contributed by atoms with Crippen LogP contribution in [0.5, 0.6) is 0 Å². The molecule has 0 aliphatic heterocycles. The van der Waals surface area contributed by atoms with Gasteiger partial charge in [0.1, 0.15) is 5.82 Å². The van der Waals surface area contributed by atoms with Crippen molar-refractivity contribution in [3.8, 4) is 0 Å². The van der Waals surface area contributed by atoms with Crippen molar-refractivity contribution in [3.63, 3.8) is 0 Å². The Hall–Kier alpha value is -1.68. The summed E-state index contributed by atoms with van der Waals surface area (Å²) in [5, 5.41) is 7.73. The van der Waals surface area contributed by atoms with E-state index in [1.165, 1.54) is 6.07 Å². The quantitative estimate of drug-likeness (QED) is 0.917. The molecule has 4 heteroatoms. The highest BCUT2D eigenvalue weighted by atomic mass is 19.1. The van der Waals surface area contributed by atoms with Crippen LogP contribution < -0.4 is 5.32 Å². The molecule has 102 valence electrons. The van der Waals surface area contributed by atoms with E-state index in [0.29, 0.717) is 0 Å². The lowest BCUT2D eigenvalue weighted by atomic mass is 9.95. The second-order valence-corrected chi connectivity index (χ2v) is 4.78. The molecule has 0 saturated carbocycles.